The van der Waals surface area contributed by atoms with Gasteiger partial charge in [0.15, 0.2) is 0 Å². The van der Waals surface area contributed by atoms with Crippen molar-refractivity contribution in [3.8, 4) is 22.6 Å². The zero-order valence-electron chi connectivity index (χ0n) is 19.9. The summed E-state index contributed by atoms with van der Waals surface area (Å²) in [6.07, 6.45) is 4.60. The number of hydrogen-bond acceptors (Lipinski definition) is 4. The molecular formula is C29H29N3S. The summed E-state index contributed by atoms with van der Waals surface area (Å²) in [7, 11) is 0. The summed E-state index contributed by atoms with van der Waals surface area (Å²) < 4.78 is 1.26. The average Bonchev–Trinajstić information content (AvgIpc) is 3.20. The number of benzene rings is 2. The summed E-state index contributed by atoms with van der Waals surface area (Å²) in [5, 5.41) is 6.04. The number of nitrogens with zero attached hydrogens (tertiary/aromatic N) is 3. The fraction of sp³-hybridized carbons (Fsp3) is 0.276. The maximum Gasteiger partial charge on any atom is 0.116 e. The van der Waals surface area contributed by atoms with Crippen molar-refractivity contribution in [1.29, 1.82) is 0 Å². The topological polar surface area (TPSA) is 38.7 Å². The van der Waals surface area contributed by atoms with Gasteiger partial charge in [-0.3, -0.25) is 4.98 Å². The monoisotopic (exact) mass is 451 g/mol. The Balaban J connectivity index is 1.68. The van der Waals surface area contributed by atoms with Gasteiger partial charge in [-0.2, -0.15) is 0 Å². The lowest BCUT2D eigenvalue weighted by Crippen LogP contribution is -2.12. The molecule has 0 atom stereocenters. The number of aromatic nitrogens is 3. The van der Waals surface area contributed by atoms with Gasteiger partial charge in [-0.15, -0.1) is 11.3 Å². The van der Waals surface area contributed by atoms with Crippen LogP contribution in [-0.4, -0.2) is 15.0 Å². The van der Waals surface area contributed by atoms with Crippen LogP contribution in [0.5, 0.6) is 0 Å². The maximum absolute atomic E-state index is 4.78. The summed E-state index contributed by atoms with van der Waals surface area (Å²) in [6, 6.07) is 17.3. The van der Waals surface area contributed by atoms with Crippen molar-refractivity contribution in [2.24, 2.45) is 5.92 Å². The van der Waals surface area contributed by atoms with E-state index in [2.05, 4.69) is 98.5 Å². The normalized spacial score (nSPS) is 12.2. The minimum absolute atomic E-state index is 0.0288. The van der Waals surface area contributed by atoms with Crippen molar-refractivity contribution in [3.05, 3.63) is 77.6 Å². The van der Waals surface area contributed by atoms with Crippen molar-refractivity contribution < 1.29 is 0 Å². The molecule has 0 aliphatic carbocycles. The van der Waals surface area contributed by atoms with E-state index in [-0.39, 0.29) is 5.41 Å². The molecule has 0 bridgehead atoms. The fourth-order valence-corrected chi connectivity index (χ4v) is 5.52. The van der Waals surface area contributed by atoms with Crippen molar-refractivity contribution >= 4 is 32.2 Å². The van der Waals surface area contributed by atoms with Gasteiger partial charge in [-0.1, -0.05) is 58.9 Å². The molecule has 0 saturated carbocycles. The molecule has 0 amide bonds. The van der Waals surface area contributed by atoms with Crippen LogP contribution in [0, 0.1) is 5.92 Å². The average molecular weight is 452 g/mol. The van der Waals surface area contributed by atoms with E-state index >= 15 is 0 Å². The standard InChI is InChI=1S/C29H29N3S/c1-18(2)12-21-16-33-26-10-11-30-28(27(21)26)25-15-24(31-17-32-25)20-13-19-8-6-7-9-22(19)23(14-20)29(3,4)5/h6-11,13-18H,12H2,1-5H3. The predicted molar refractivity (Wildman–Crippen MR) is 141 cm³/mol. The third-order valence-corrected chi connectivity index (χ3v) is 7.06. The first-order valence-corrected chi connectivity index (χ1v) is 12.4. The summed E-state index contributed by atoms with van der Waals surface area (Å²) in [6.45, 7) is 11.3. The quantitative estimate of drug-likeness (QED) is 0.277. The molecule has 33 heavy (non-hydrogen) atoms. The minimum Gasteiger partial charge on any atom is -0.254 e. The van der Waals surface area contributed by atoms with Crippen LogP contribution in [0.25, 0.3) is 43.5 Å². The fourth-order valence-electron chi connectivity index (χ4n) is 4.55. The minimum atomic E-state index is 0.0288. The highest BCUT2D eigenvalue weighted by molar-refractivity contribution is 7.17. The van der Waals surface area contributed by atoms with E-state index in [9.17, 15) is 0 Å². The van der Waals surface area contributed by atoms with Gasteiger partial charge in [-0.25, -0.2) is 9.97 Å². The van der Waals surface area contributed by atoms with E-state index in [4.69, 9.17) is 4.98 Å². The van der Waals surface area contributed by atoms with Crippen LogP contribution in [0.2, 0.25) is 0 Å². The Morgan fingerprint density at radius 1 is 0.909 bits per heavy atom. The second-order valence-electron chi connectivity index (χ2n) is 10.2. The highest BCUT2D eigenvalue weighted by Gasteiger charge is 2.19. The van der Waals surface area contributed by atoms with Crippen LogP contribution in [0.15, 0.2) is 66.4 Å². The zero-order chi connectivity index (χ0) is 23.2. The van der Waals surface area contributed by atoms with Crippen LogP contribution in [0.1, 0.15) is 45.7 Å². The molecule has 3 aromatic heterocycles. The van der Waals surface area contributed by atoms with Gasteiger partial charge < -0.3 is 0 Å². The molecule has 0 aliphatic rings. The molecule has 0 aliphatic heterocycles. The largest absolute Gasteiger partial charge is 0.254 e. The molecule has 5 aromatic rings. The van der Waals surface area contributed by atoms with Crippen LogP contribution in [-0.2, 0) is 11.8 Å². The van der Waals surface area contributed by atoms with Gasteiger partial charge in [0.1, 0.15) is 6.33 Å². The van der Waals surface area contributed by atoms with E-state index < -0.39 is 0 Å². The molecule has 0 N–H and O–H groups in total. The SMILES string of the molecule is CC(C)Cc1csc2ccnc(-c3cc(-c4cc(C(C)(C)C)c5ccccc5c4)ncn3)c12. The first-order chi connectivity index (χ1) is 15.8. The van der Waals surface area contributed by atoms with Crippen molar-refractivity contribution in [2.75, 3.05) is 0 Å². The molecule has 0 spiro atoms. The van der Waals surface area contributed by atoms with Gasteiger partial charge in [0.2, 0.25) is 0 Å². The molecular weight excluding hydrogens is 422 g/mol. The Labute approximate surface area is 199 Å². The Bertz CT molecular complexity index is 1460. The van der Waals surface area contributed by atoms with Gasteiger partial charge >= 0.3 is 0 Å². The summed E-state index contributed by atoms with van der Waals surface area (Å²) in [5.74, 6) is 0.588. The Hall–Kier alpha value is -3.11. The van der Waals surface area contributed by atoms with Crippen LogP contribution in [0.3, 0.4) is 0 Å². The number of thiophene rings is 1. The third kappa shape index (κ3) is 4.16. The van der Waals surface area contributed by atoms with Crippen LogP contribution < -0.4 is 0 Å². The maximum atomic E-state index is 4.78. The molecule has 2 aromatic carbocycles. The summed E-state index contributed by atoms with van der Waals surface area (Å²) in [5.41, 5.74) is 6.57. The van der Waals surface area contributed by atoms with E-state index in [0.717, 1.165) is 29.1 Å². The van der Waals surface area contributed by atoms with E-state index in [0.29, 0.717) is 5.92 Å². The molecule has 3 heterocycles. The van der Waals surface area contributed by atoms with Crippen LogP contribution >= 0.6 is 11.3 Å². The Morgan fingerprint density at radius 3 is 2.48 bits per heavy atom. The van der Waals surface area contributed by atoms with Crippen molar-refractivity contribution in [3.63, 3.8) is 0 Å². The highest BCUT2D eigenvalue weighted by atomic mass is 32.1. The molecule has 3 nitrogen and oxygen atoms in total. The molecule has 5 rings (SSSR count). The molecule has 0 radical (unpaired) electrons. The molecule has 166 valence electrons. The van der Waals surface area contributed by atoms with Gasteiger partial charge in [0.05, 0.1) is 17.1 Å². The molecule has 0 saturated heterocycles. The molecule has 0 fully saturated rings. The highest BCUT2D eigenvalue weighted by Crippen LogP contribution is 2.37. The predicted octanol–water partition coefficient (Wildman–Crippen LogP) is 8.07. The lowest BCUT2D eigenvalue weighted by Gasteiger charge is -2.22. The number of pyridine rings is 1. The summed E-state index contributed by atoms with van der Waals surface area (Å²) in [4.78, 5) is 14.1. The first kappa shape index (κ1) is 21.7. The van der Waals surface area contributed by atoms with Crippen molar-refractivity contribution in [1.82, 2.24) is 15.0 Å². The van der Waals surface area contributed by atoms with Crippen molar-refractivity contribution in [2.45, 2.75) is 46.5 Å². The molecule has 0 unspecified atom stereocenters. The molecule has 4 heteroatoms. The van der Waals surface area contributed by atoms with E-state index in [1.54, 1.807) is 17.7 Å². The Morgan fingerprint density at radius 2 is 1.70 bits per heavy atom. The van der Waals surface area contributed by atoms with E-state index in [1.165, 1.54) is 32.0 Å². The van der Waals surface area contributed by atoms with Gasteiger partial charge in [0.25, 0.3) is 0 Å². The van der Waals surface area contributed by atoms with Crippen LogP contribution in [0.4, 0.5) is 0 Å². The summed E-state index contributed by atoms with van der Waals surface area (Å²) >= 11 is 1.79. The number of rotatable bonds is 4. The van der Waals surface area contributed by atoms with Gasteiger partial charge in [-0.05, 0) is 69.3 Å². The second-order valence-corrected chi connectivity index (χ2v) is 11.1. The first-order valence-electron chi connectivity index (χ1n) is 11.5. The Kier molecular flexibility index (Phi) is 5.49. The third-order valence-electron chi connectivity index (χ3n) is 6.07. The zero-order valence-corrected chi connectivity index (χ0v) is 20.7. The second kappa shape index (κ2) is 8.35. The van der Waals surface area contributed by atoms with Gasteiger partial charge in [0, 0.05) is 21.8 Å². The lowest BCUT2D eigenvalue weighted by molar-refractivity contribution is 0.596. The smallest absolute Gasteiger partial charge is 0.116 e. The number of fused-ring (bicyclic) bond motifs is 2. The number of hydrogen-bond donors (Lipinski definition) is 0. The lowest BCUT2D eigenvalue weighted by atomic mass is 9.82. The van der Waals surface area contributed by atoms with E-state index in [1.807, 2.05) is 6.20 Å².